The molecule has 0 fully saturated rings. The van der Waals surface area contributed by atoms with Gasteiger partial charge in [-0.15, -0.1) is 0 Å². The second-order valence-corrected chi connectivity index (χ2v) is 5.62. The van der Waals surface area contributed by atoms with E-state index in [0.29, 0.717) is 17.0 Å². The Kier molecular flexibility index (Phi) is 4.74. The summed E-state index contributed by atoms with van der Waals surface area (Å²) in [6.45, 7) is 0. The van der Waals surface area contributed by atoms with Crippen LogP contribution in [0.2, 0.25) is 5.02 Å². The minimum Gasteiger partial charge on any atom is -0.349 e. The highest BCUT2D eigenvalue weighted by atomic mass is 35.5. The number of carbonyl (C=O) groups is 1. The summed E-state index contributed by atoms with van der Waals surface area (Å²) in [6, 6.07) is 16.5. The fraction of sp³-hybridized carbons (Fsp3) is 0.111. The smallest absolute Gasteiger partial charge is 0.251 e. The van der Waals surface area contributed by atoms with Crippen molar-refractivity contribution in [1.29, 1.82) is 0 Å². The average Bonchev–Trinajstić information content (AvgIpc) is 3.09. The molecule has 23 heavy (non-hydrogen) atoms. The van der Waals surface area contributed by atoms with Crippen LogP contribution in [0.4, 0.5) is 0 Å². The Labute approximate surface area is 139 Å². The Balaban J connectivity index is 1.80. The molecule has 4 nitrogen and oxygen atoms in total. The van der Waals surface area contributed by atoms with Crippen molar-refractivity contribution in [1.82, 2.24) is 15.3 Å². The van der Waals surface area contributed by atoms with Crippen LogP contribution in [0.3, 0.4) is 0 Å². The molecule has 0 saturated heterocycles. The molecular weight excluding hydrogens is 310 g/mol. The van der Waals surface area contributed by atoms with Gasteiger partial charge in [-0.3, -0.25) is 4.79 Å². The van der Waals surface area contributed by atoms with Gasteiger partial charge in [-0.1, -0.05) is 41.9 Å². The summed E-state index contributed by atoms with van der Waals surface area (Å²) in [4.78, 5) is 19.8. The molecule has 0 radical (unpaired) electrons. The van der Waals surface area contributed by atoms with Crippen LogP contribution in [0, 0.1) is 0 Å². The van der Waals surface area contributed by atoms with Gasteiger partial charge in [0.15, 0.2) is 0 Å². The Morgan fingerprint density at radius 2 is 1.87 bits per heavy atom. The summed E-state index contributed by atoms with van der Waals surface area (Å²) in [5, 5.41) is 3.67. The zero-order valence-electron chi connectivity index (χ0n) is 12.4. The van der Waals surface area contributed by atoms with E-state index in [9.17, 15) is 4.79 Å². The van der Waals surface area contributed by atoms with E-state index in [0.717, 1.165) is 11.4 Å². The molecule has 2 N–H and O–H groups in total. The molecule has 0 aliphatic rings. The third-order valence-corrected chi connectivity index (χ3v) is 3.82. The molecule has 0 unspecified atom stereocenters. The first-order valence-electron chi connectivity index (χ1n) is 7.32. The number of nitrogens with zero attached hydrogens (tertiary/aromatic N) is 1. The summed E-state index contributed by atoms with van der Waals surface area (Å²) in [5.41, 5.74) is 1.61. The average molecular weight is 326 g/mol. The molecule has 3 aromatic rings. The van der Waals surface area contributed by atoms with Crippen LogP contribution >= 0.6 is 11.6 Å². The first kappa shape index (κ1) is 15.3. The summed E-state index contributed by atoms with van der Waals surface area (Å²) in [6.07, 6.45) is 4.08. The predicted octanol–water partition coefficient (Wildman–Crippen LogP) is 3.78. The number of aromatic amines is 1. The fourth-order valence-electron chi connectivity index (χ4n) is 2.38. The fourth-order valence-corrected chi connectivity index (χ4v) is 2.51. The number of aromatic nitrogens is 2. The number of carbonyl (C=O) groups excluding carboxylic acids is 1. The Morgan fingerprint density at radius 3 is 2.52 bits per heavy atom. The lowest BCUT2D eigenvalue weighted by molar-refractivity contribution is 0.0936. The van der Waals surface area contributed by atoms with Crippen molar-refractivity contribution in [3.63, 3.8) is 0 Å². The normalized spacial score (nSPS) is 11.9. The van der Waals surface area contributed by atoms with Gasteiger partial charge in [0.05, 0.1) is 6.04 Å². The first-order valence-corrected chi connectivity index (χ1v) is 7.70. The molecule has 1 heterocycles. The number of hydrogen-bond donors (Lipinski definition) is 2. The lowest BCUT2D eigenvalue weighted by Gasteiger charge is -2.18. The standard InChI is InChI=1S/C18H16ClN3O/c19-15-8-6-14(7-9-15)18(23)22-16(12-17-20-10-11-21-17)13-4-2-1-3-5-13/h1-11,16H,12H2,(H,20,21)(H,22,23)/t16-/m1/s1. The number of nitrogens with one attached hydrogen (secondary N) is 2. The van der Waals surface area contributed by atoms with Crippen molar-refractivity contribution in [2.24, 2.45) is 0 Å². The Hall–Kier alpha value is -2.59. The van der Waals surface area contributed by atoms with Crippen LogP contribution in [-0.2, 0) is 6.42 Å². The van der Waals surface area contributed by atoms with Crippen LogP contribution < -0.4 is 5.32 Å². The molecule has 0 spiro atoms. The number of amides is 1. The number of imidazole rings is 1. The van der Waals surface area contributed by atoms with Crippen molar-refractivity contribution < 1.29 is 4.79 Å². The topological polar surface area (TPSA) is 57.8 Å². The van der Waals surface area contributed by atoms with Crippen LogP contribution in [0.5, 0.6) is 0 Å². The van der Waals surface area contributed by atoms with Gasteiger partial charge < -0.3 is 10.3 Å². The lowest BCUT2D eigenvalue weighted by Crippen LogP contribution is -2.30. The van der Waals surface area contributed by atoms with Gasteiger partial charge in [0.2, 0.25) is 0 Å². The monoisotopic (exact) mass is 325 g/mol. The van der Waals surface area contributed by atoms with Crippen molar-refractivity contribution in [3.8, 4) is 0 Å². The van der Waals surface area contributed by atoms with Gasteiger partial charge in [0.1, 0.15) is 5.82 Å². The first-order chi connectivity index (χ1) is 11.2. The van der Waals surface area contributed by atoms with E-state index < -0.39 is 0 Å². The van der Waals surface area contributed by atoms with E-state index in [4.69, 9.17) is 11.6 Å². The zero-order valence-corrected chi connectivity index (χ0v) is 13.1. The summed E-state index contributed by atoms with van der Waals surface area (Å²) in [5.74, 6) is 0.692. The van der Waals surface area contributed by atoms with E-state index in [1.54, 1.807) is 36.7 Å². The number of benzene rings is 2. The van der Waals surface area contributed by atoms with Gasteiger partial charge in [0.25, 0.3) is 5.91 Å². The van der Waals surface area contributed by atoms with Gasteiger partial charge in [-0.25, -0.2) is 4.98 Å². The van der Waals surface area contributed by atoms with Crippen LogP contribution in [0.25, 0.3) is 0 Å². The molecule has 3 rings (SSSR count). The van der Waals surface area contributed by atoms with E-state index in [1.165, 1.54) is 0 Å². The molecule has 0 bridgehead atoms. The van der Waals surface area contributed by atoms with E-state index in [-0.39, 0.29) is 11.9 Å². The third kappa shape index (κ3) is 3.99. The van der Waals surface area contributed by atoms with E-state index in [1.807, 2.05) is 30.3 Å². The highest BCUT2D eigenvalue weighted by Gasteiger charge is 2.17. The Morgan fingerprint density at radius 1 is 1.13 bits per heavy atom. The molecule has 1 aromatic heterocycles. The maximum Gasteiger partial charge on any atom is 0.251 e. The second-order valence-electron chi connectivity index (χ2n) is 5.18. The van der Waals surface area contributed by atoms with Crippen molar-refractivity contribution in [2.75, 3.05) is 0 Å². The molecule has 0 saturated carbocycles. The number of rotatable bonds is 5. The third-order valence-electron chi connectivity index (χ3n) is 3.57. The quantitative estimate of drug-likeness (QED) is 0.750. The largest absolute Gasteiger partial charge is 0.349 e. The van der Waals surface area contributed by atoms with Gasteiger partial charge >= 0.3 is 0 Å². The highest BCUT2D eigenvalue weighted by Crippen LogP contribution is 2.18. The molecule has 1 amide bonds. The molecule has 1 atom stereocenters. The van der Waals surface area contributed by atoms with Crippen molar-refractivity contribution >= 4 is 17.5 Å². The summed E-state index contributed by atoms with van der Waals surface area (Å²) >= 11 is 5.87. The van der Waals surface area contributed by atoms with Gasteiger partial charge in [0, 0.05) is 29.4 Å². The maximum atomic E-state index is 12.5. The molecule has 5 heteroatoms. The lowest BCUT2D eigenvalue weighted by atomic mass is 10.0. The maximum absolute atomic E-state index is 12.5. The van der Waals surface area contributed by atoms with Crippen LogP contribution in [0.15, 0.2) is 67.0 Å². The van der Waals surface area contributed by atoms with Crippen molar-refractivity contribution in [3.05, 3.63) is 89.0 Å². The van der Waals surface area contributed by atoms with Gasteiger partial charge in [-0.05, 0) is 29.8 Å². The molecule has 2 aromatic carbocycles. The number of halogens is 1. The van der Waals surface area contributed by atoms with E-state index in [2.05, 4.69) is 15.3 Å². The second kappa shape index (κ2) is 7.11. The SMILES string of the molecule is O=C(N[C@H](Cc1ncc[nH]1)c1ccccc1)c1ccc(Cl)cc1. The number of H-pyrrole nitrogens is 1. The molecular formula is C18H16ClN3O. The Bertz CT molecular complexity index is 755. The number of hydrogen-bond acceptors (Lipinski definition) is 2. The van der Waals surface area contributed by atoms with Gasteiger partial charge in [-0.2, -0.15) is 0 Å². The minimum atomic E-state index is -0.162. The zero-order chi connectivity index (χ0) is 16.1. The molecule has 116 valence electrons. The highest BCUT2D eigenvalue weighted by molar-refractivity contribution is 6.30. The minimum absolute atomic E-state index is 0.137. The summed E-state index contributed by atoms with van der Waals surface area (Å²) in [7, 11) is 0. The van der Waals surface area contributed by atoms with Crippen LogP contribution in [-0.4, -0.2) is 15.9 Å². The summed E-state index contributed by atoms with van der Waals surface area (Å²) < 4.78 is 0. The van der Waals surface area contributed by atoms with Crippen LogP contribution in [0.1, 0.15) is 27.8 Å². The molecule has 0 aliphatic heterocycles. The predicted molar refractivity (Wildman–Crippen MR) is 90.4 cm³/mol. The van der Waals surface area contributed by atoms with Crippen molar-refractivity contribution in [2.45, 2.75) is 12.5 Å². The van der Waals surface area contributed by atoms with E-state index >= 15 is 0 Å². The molecule has 0 aliphatic carbocycles.